The normalized spacial score (nSPS) is 18.1. The van der Waals surface area contributed by atoms with Crippen LogP contribution in [0, 0.1) is 5.92 Å². The van der Waals surface area contributed by atoms with E-state index in [1.54, 1.807) is 0 Å². The minimum Gasteiger partial charge on any atom is -0.103 e. The lowest BCUT2D eigenvalue weighted by Gasteiger charge is -2.28. The summed E-state index contributed by atoms with van der Waals surface area (Å²) in [6.45, 7) is 15.7. The van der Waals surface area contributed by atoms with Gasteiger partial charge < -0.3 is 0 Å². The Kier molecular flexibility index (Phi) is 3.36. The first-order valence-corrected chi connectivity index (χ1v) is 7.60. The van der Waals surface area contributed by atoms with Gasteiger partial charge >= 0.3 is 0 Å². The highest BCUT2D eigenvalue weighted by Crippen LogP contribution is 2.29. The van der Waals surface area contributed by atoms with Gasteiger partial charge in [0, 0.05) is 8.07 Å². The SMILES string of the molecule is C=CC(C)C(C)[Si](C)(C)C. The van der Waals surface area contributed by atoms with E-state index >= 15 is 0 Å². The molecule has 60 valence electrons. The van der Waals surface area contributed by atoms with Gasteiger partial charge in [0.1, 0.15) is 0 Å². The molecule has 0 aliphatic rings. The van der Waals surface area contributed by atoms with Crippen LogP contribution in [0.2, 0.25) is 25.2 Å². The molecule has 2 unspecified atom stereocenters. The van der Waals surface area contributed by atoms with Gasteiger partial charge in [-0.15, -0.1) is 6.58 Å². The van der Waals surface area contributed by atoms with Crippen molar-refractivity contribution >= 4 is 8.07 Å². The Bertz CT molecular complexity index is 110. The number of rotatable bonds is 3. The van der Waals surface area contributed by atoms with Crippen molar-refractivity contribution in [3.05, 3.63) is 12.7 Å². The van der Waals surface area contributed by atoms with Gasteiger partial charge in [-0.3, -0.25) is 0 Å². The molecule has 0 N–H and O–H groups in total. The molecule has 10 heavy (non-hydrogen) atoms. The molecule has 0 saturated carbocycles. The van der Waals surface area contributed by atoms with E-state index in [1.807, 2.05) is 0 Å². The predicted molar refractivity (Wildman–Crippen MR) is 52.1 cm³/mol. The molecule has 0 aliphatic carbocycles. The van der Waals surface area contributed by atoms with Crippen molar-refractivity contribution in [1.82, 2.24) is 0 Å². The molecule has 2 atom stereocenters. The Balaban J connectivity index is 4.07. The monoisotopic (exact) mass is 156 g/mol. The Labute approximate surface area is 66.4 Å². The highest BCUT2D eigenvalue weighted by molar-refractivity contribution is 6.77. The van der Waals surface area contributed by atoms with E-state index in [0.717, 1.165) is 5.54 Å². The van der Waals surface area contributed by atoms with Gasteiger partial charge in [0.15, 0.2) is 0 Å². The molecule has 1 heteroatoms. The van der Waals surface area contributed by atoms with Crippen molar-refractivity contribution in [2.75, 3.05) is 0 Å². The fourth-order valence-corrected chi connectivity index (χ4v) is 2.71. The van der Waals surface area contributed by atoms with Crippen molar-refractivity contribution < 1.29 is 0 Å². The summed E-state index contributed by atoms with van der Waals surface area (Å²) in [5, 5.41) is 0. The number of allylic oxidation sites excluding steroid dienone is 1. The first-order chi connectivity index (χ1) is 4.39. The molecule has 0 radical (unpaired) electrons. The largest absolute Gasteiger partial charge is 0.103 e. The van der Waals surface area contributed by atoms with Crippen LogP contribution in [0.1, 0.15) is 13.8 Å². The van der Waals surface area contributed by atoms with E-state index < -0.39 is 8.07 Å². The van der Waals surface area contributed by atoms with Crippen LogP contribution in [0.5, 0.6) is 0 Å². The van der Waals surface area contributed by atoms with E-state index in [2.05, 4.69) is 46.1 Å². The van der Waals surface area contributed by atoms with Crippen LogP contribution in [0.25, 0.3) is 0 Å². The topological polar surface area (TPSA) is 0 Å². The van der Waals surface area contributed by atoms with Crippen molar-refractivity contribution in [3.63, 3.8) is 0 Å². The van der Waals surface area contributed by atoms with E-state index in [0.29, 0.717) is 5.92 Å². The van der Waals surface area contributed by atoms with Crippen LogP contribution in [-0.2, 0) is 0 Å². The van der Waals surface area contributed by atoms with Gasteiger partial charge in [-0.1, -0.05) is 39.6 Å². The first kappa shape index (κ1) is 9.96. The van der Waals surface area contributed by atoms with Crippen molar-refractivity contribution in [1.29, 1.82) is 0 Å². The molecule has 0 aromatic heterocycles. The molecule has 0 aromatic carbocycles. The third-order valence-electron chi connectivity index (χ3n) is 2.53. The smallest absolute Gasteiger partial charge is 0.0476 e. The third kappa shape index (κ3) is 2.69. The average molecular weight is 156 g/mol. The fraction of sp³-hybridized carbons (Fsp3) is 0.778. The Morgan fingerprint density at radius 1 is 1.20 bits per heavy atom. The van der Waals surface area contributed by atoms with E-state index in [-0.39, 0.29) is 0 Å². The van der Waals surface area contributed by atoms with Crippen LogP contribution < -0.4 is 0 Å². The zero-order valence-electron chi connectivity index (χ0n) is 7.94. The lowest BCUT2D eigenvalue weighted by Crippen LogP contribution is -2.29. The second-order valence-electron chi connectivity index (χ2n) is 4.25. The minimum absolute atomic E-state index is 0.687. The quantitative estimate of drug-likeness (QED) is 0.433. The summed E-state index contributed by atoms with van der Waals surface area (Å²) in [5.74, 6) is 0.687. The van der Waals surface area contributed by atoms with Gasteiger partial charge in [0.05, 0.1) is 0 Å². The van der Waals surface area contributed by atoms with E-state index in [9.17, 15) is 0 Å². The van der Waals surface area contributed by atoms with Gasteiger partial charge in [-0.2, -0.15) is 0 Å². The summed E-state index contributed by atoms with van der Waals surface area (Å²) in [5.41, 5.74) is 0.852. The number of hydrogen-bond acceptors (Lipinski definition) is 0. The lowest BCUT2D eigenvalue weighted by atomic mass is 10.1. The van der Waals surface area contributed by atoms with Crippen LogP contribution in [-0.4, -0.2) is 8.07 Å². The number of hydrogen-bond donors (Lipinski definition) is 0. The molecular weight excluding hydrogens is 136 g/mol. The fourth-order valence-electron chi connectivity index (χ4n) is 0.993. The van der Waals surface area contributed by atoms with Crippen molar-refractivity contribution in [2.45, 2.75) is 39.0 Å². The van der Waals surface area contributed by atoms with Gasteiger partial charge in [-0.05, 0) is 11.5 Å². The first-order valence-electron chi connectivity index (χ1n) is 4.02. The summed E-state index contributed by atoms with van der Waals surface area (Å²) in [6.07, 6.45) is 2.07. The maximum Gasteiger partial charge on any atom is 0.0476 e. The summed E-state index contributed by atoms with van der Waals surface area (Å²) in [4.78, 5) is 0. The Morgan fingerprint density at radius 3 is 1.70 bits per heavy atom. The highest BCUT2D eigenvalue weighted by Gasteiger charge is 2.25. The second-order valence-corrected chi connectivity index (χ2v) is 9.89. The molecule has 0 aromatic rings. The summed E-state index contributed by atoms with van der Waals surface area (Å²) in [6, 6.07) is 0. The zero-order valence-corrected chi connectivity index (χ0v) is 8.94. The molecule has 0 amide bonds. The maximum atomic E-state index is 3.82. The summed E-state index contributed by atoms with van der Waals surface area (Å²) < 4.78 is 0. The minimum atomic E-state index is -0.916. The average Bonchev–Trinajstić information content (AvgIpc) is 1.83. The molecule has 0 rings (SSSR count). The summed E-state index contributed by atoms with van der Waals surface area (Å²) in [7, 11) is -0.916. The Hall–Kier alpha value is -0.0431. The lowest BCUT2D eigenvalue weighted by molar-refractivity contribution is 0.675. The molecule has 0 heterocycles. The van der Waals surface area contributed by atoms with Crippen LogP contribution >= 0.6 is 0 Å². The maximum absolute atomic E-state index is 3.82. The highest BCUT2D eigenvalue weighted by atomic mass is 28.3. The van der Waals surface area contributed by atoms with Gasteiger partial charge in [0.2, 0.25) is 0 Å². The summed E-state index contributed by atoms with van der Waals surface area (Å²) >= 11 is 0. The molecule has 0 fully saturated rings. The van der Waals surface area contributed by atoms with Crippen LogP contribution in [0.15, 0.2) is 12.7 Å². The van der Waals surface area contributed by atoms with E-state index in [4.69, 9.17) is 0 Å². The molecule has 0 bridgehead atoms. The van der Waals surface area contributed by atoms with Gasteiger partial charge in [0.25, 0.3) is 0 Å². The predicted octanol–water partition coefficient (Wildman–Crippen LogP) is 3.54. The van der Waals surface area contributed by atoms with Crippen molar-refractivity contribution in [3.8, 4) is 0 Å². The molecule has 0 spiro atoms. The molecular formula is C9H20Si. The molecule has 0 aliphatic heterocycles. The third-order valence-corrected chi connectivity index (χ3v) is 5.78. The van der Waals surface area contributed by atoms with Crippen LogP contribution in [0.3, 0.4) is 0 Å². The van der Waals surface area contributed by atoms with Crippen molar-refractivity contribution in [2.24, 2.45) is 5.92 Å². The van der Waals surface area contributed by atoms with Crippen LogP contribution in [0.4, 0.5) is 0 Å². The zero-order chi connectivity index (χ0) is 8.36. The van der Waals surface area contributed by atoms with E-state index in [1.165, 1.54) is 0 Å². The Morgan fingerprint density at radius 2 is 1.60 bits per heavy atom. The van der Waals surface area contributed by atoms with Gasteiger partial charge in [-0.25, -0.2) is 0 Å². The standard InChI is InChI=1S/C9H20Si/c1-7-8(2)9(3)10(4,5)6/h7-9H,1H2,2-6H3. The molecule has 0 saturated heterocycles. The molecule has 0 nitrogen and oxygen atoms in total. The second kappa shape index (κ2) is 3.38.